The van der Waals surface area contributed by atoms with Crippen LogP contribution in [0.1, 0.15) is 84.0 Å². The average molecular weight is 279 g/mol. The van der Waals surface area contributed by atoms with Gasteiger partial charge in [-0.2, -0.15) is 0 Å². The van der Waals surface area contributed by atoms with Gasteiger partial charge in [-0.3, -0.25) is 0 Å². The van der Waals surface area contributed by atoms with Gasteiger partial charge in [-0.25, -0.2) is 0 Å². The molecule has 0 aromatic heterocycles. The summed E-state index contributed by atoms with van der Waals surface area (Å²) in [5.74, 6) is 1.46. The van der Waals surface area contributed by atoms with Gasteiger partial charge in [0, 0.05) is 12.1 Å². The molecule has 0 aromatic carbocycles. The van der Waals surface area contributed by atoms with Gasteiger partial charge >= 0.3 is 0 Å². The van der Waals surface area contributed by atoms with E-state index in [4.69, 9.17) is 10.5 Å². The predicted molar refractivity (Wildman–Crippen MR) is 83.7 cm³/mol. The summed E-state index contributed by atoms with van der Waals surface area (Å²) in [6.45, 7) is 3.30. The van der Waals surface area contributed by atoms with E-state index in [0.29, 0.717) is 5.92 Å². The van der Waals surface area contributed by atoms with Crippen molar-refractivity contribution in [3.05, 3.63) is 0 Å². The third kappa shape index (κ3) is 2.66. The topological polar surface area (TPSA) is 35.2 Å². The number of hydrogen-bond donors (Lipinski definition) is 1. The van der Waals surface area contributed by atoms with Gasteiger partial charge in [0.2, 0.25) is 0 Å². The van der Waals surface area contributed by atoms with Crippen molar-refractivity contribution >= 4 is 0 Å². The summed E-state index contributed by atoms with van der Waals surface area (Å²) in [4.78, 5) is 0. The first-order valence-electron chi connectivity index (χ1n) is 9.11. The van der Waals surface area contributed by atoms with Gasteiger partial charge in [0.25, 0.3) is 0 Å². The highest BCUT2D eigenvalue weighted by molar-refractivity contribution is 5.03. The second kappa shape index (κ2) is 5.96. The molecule has 3 unspecified atom stereocenters. The SMILES string of the molecule is CCC1CCCCC1(N)C1CCOC2(CCCCC2)C1. The lowest BCUT2D eigenvalue weighted by Crippen LogP contribution is -2.59. The Kier molecular flexibility index (Phi) is 4.42. The normalized spacial score (nSPS) is 41.7. The van der Waals surface area contributed by atoms with Crippen LogP contribution in [0.5, 0.6) is 0 Å². The van der Waals surface area contributed by atoms with Crippen LogP contribution in [0.15, 0.2) is 0 Å². The van der Waals surface area contributed by atoms with E-state index in [-0.39, 0.29) is 11.1 Å². The molecule has 1 aliphatic heterocycles. The first-order chi connectivity index (χ1) is 9.69. The number of nitrogens with two attached hydrogens (primary N) is 1. The van der Waals surface area contributed by atoms with E-state index in [1.807, 2.05) is 0 Å². The minimum Gasteiger partial charge on any atom is -0.375 e. The monoisotopic (exact) mass is 279 g/mol. The maximum atomic E-state index is 7.02. The molecule has 2 nitrogen and oxygen atoms in total. The molecule has 3 rings (SSSR count). The maximum Gasteiger partial charge on any atom is 0.0685 e. The minimum atomic E-state index is 0.112. The molecule has 3 aliphatic rings. The molecule has 1 spiro atoms. The van der Waals surface area contributed by atoms with E-state index in [9.17, 15) is 0 Å². The van der Waals surface area contributed by atoms with E-state index in [2.05, 4.69) is 6.92 Å². The molecule has 2 heteroatoms. The third-order valence-corrected chi connectivity index (χ3v) is 6.68. The Bertz CT molecular complexity index is 318. The summed E-state index contributed by atoms with van der Waals surface area (Å²) in [5, 5.41) is 0. The summed E-state index contributed by atoms with van der Waals surface area (Å²) in [6.07, 6.45) is 15.8. The maximum absolute atomic E-state index is 7.02. The second-order valence-electron chi connectivity index (χ2n) is 7.75. The molecular formula is C18H33NO. The average Bonchev–Trinajstić information content (AvgIpc) is 2.48. The van der Waals surface area contributed by atoms with Crippen LogP contribution in [0.4, 0.5) is 0 Å². The van der Waals surface area contributed by atoms with Gasteiger partial charge in [-0.05, 0) is 50.4 Å². The molecule has 3 fully saturated rings. The van der Waals surface area contributed by atoms with Crippen molar-refractivity contribution < 1.29 is 4.74 Å². The Labute approximate surface area is 124 Å². The molecular weight excluding hydrogens is 246 g/mol. The molecule has 1 heterocycles. The minimum absolute atomic E-state index is 0.112. The lowest BCUT2D eigenvalue weighted by molar-refractivity contribution is -0.134. The van der Waals surface area contributed by atoms with Gasteiger partial charge in [-0.15, -0.1) is 0 Å². The molecule has 0 bridgehead atoms. The molecule has 0 aromatic rings. The first-order valence-corrected chi connectivity index (χ1v) is 9.11. The van der Waals surface area contributed by atoms with Crippen LogP contribution in [-0.4, -0.2) is 17.7 Å². The lowest BCUT2D eigenvalue weighted by Gasteiger charge is -2.53. The van der Waals surface area contributed by atoms with Crippen LogP contribution in [-0.2, 0) is 4.74 Å². The van der Waals surface area contributed by atoms with E-state index < -0.39 is 0 Å². The Morgan fingerprint density at radius 3 is 2.50 bits per heavy atom. The van der Waals surface area contributed by atoms with Crippen molar-refractivity contribution in [3.63, 3.8) is 0 Å². The summed E-state index contributed by atoms with van der Waals surface area (Å²) < 4.78 is 6.29. The Morgan fingerprint density at radius 2 is 1.75 bits per heavy atom. The lowest BCUT2D eigenvalue weighted by atomic mass is 9.60. The van der Waals surface area contributed by atoms with Crippen LogP contribution in [0.3, 0.4) is 0 Å². The summed E-state index contributed by atoms with van der Waals surface area (Å²) >= 11 is 0. The van der Waals surface area contributed by atoms with Crippen LogP contribution < -0.4 is 5.73 Å². The van der Waals surface area contributed by atoms with E-state index in [0.717, 1.165) is 12.5 Å². The van der Waals surface area contributed by atoms with Crippen LogP contribution >= 0.6 is 0 Å². The van der Waals surface area contributed by atoms with Gasteiger partial charge in [0.1, 0.15) is 0 Å². The smallest absolute Gasteiger partial charge is 0.0685 e. The van der Waals surface area contributed by atoms with Gasteiger partial charge in [0.05, 0.1) is 5.60 Å². The van der Waals surface area contributed by atoms with Crippen molar-refractivity contribution in [2.75, 3.05) is 6.61 Å². The molecule has 20 heavy (non-hydrogen) atoms. The van der Waals surface area contributed by atoms with Crippen LogP contribution in [0.25, 0.3) is 0 Å². The second-order valence-corrected chi connectivity index (χ2v) is 7.75. The standard InChI is InChI=1S/C18H33NO/c1-2-15-8-4-7-12-18(15,19)16-9-13-20-17(14-16)10-5-3-6-11-17/h15-16H,2-14,19H2,1H3. The molecule has 3 atom stereocenters. The molecule has 116 valence electrons. The van der Waals surface area contributed by atoms with Crippen LogP contribution in [0, 0.1) is 11.8 Å². The fourth-order valence-corrected chi connectivity index (χ4v) is 5.45. The van der Waals surface area contributed by atoms with Crippen molar-refractivity contribution in [2.24, 2.45) is 17.6 Å². The van der Waals surface area contributed by atoms with Crippen molar-refractivity contribution in [1.29, 1.82) is 0 Å². The highest BCUT2D eigenvalue weighted by Crippen LogP contribution is 2.48. The molecule has 2 N–H and O–H groups in total. The fourth-order valence-electron chi connectivity index (χ4n) is 5.45. The molecule has 1 saturated heterocycles. The van der Waals surface area contributed by atoms with Gasteiger partial charge in [0.15, 0.2) is 0 Å². The Morgan fingerprint density at radius 1 is 1.00 bits per heavy atom. The summed E-state index contributed by atoms with van der Waals surface area (Å²) in [7, 11) is 0. The molecule has 2 aliphatic carbocycles. The Hall–Kier alpha value is -0.0800. The van der Waals surface area contributed by atoms with Crippen molar-refractivity contribution in [3.8, 4) is 0 Å². The largest absolute Gasteiger partial charge is 0.375 e. The predicted octanol–water partition coefficient (Wildman–Crippen LogP) is 4.41. The van der Waals surface area contributed by atoms with Gasteiger partial charge < -0.3 is 10.5 Å². The van der Waals surface area contributed by atoms with Crippen molar-refractivity contribution in [1.82, 2.24) is 0 Å². The number of ether oxygens (including phenoxy) is 1. The van der Waals surface area contributed by atoms with E-state index in [1.165, 1.54) is 77.0 Å². The van der Waals surface area contributed by atoms with Gasteiger partial charge in [-0.1, -0.05) is 45.4 Å². The molecule has 0 amide bonds. The zero-order valence-electron chi connectivity index (χ0n) is 13.3. The number of rotatable bonds is 2. The van der Waals surface area contributed by atoms with E-state index in [1.54, 1.807) is 0 Å². The van der Waals surface area contributed by atoms with Crippen molar-refractivity contribution in [2.45, 2.75) is 95.1 Å². The third-order valence-electron chi connectivity index (χ3n) is 6.68. The highest BCUT2D eigenvalue weighted by atomic mass is 16.5. The summed E-state index contributed by atoms with van der Waals surface area (Å²) in [5.41, 5.74) is 7.35. The fraction of sp³-hybridized carbons (Fsp3) is 1.00. The quantitative estimate of drug-likeness (QED) is 0.812. The zero-order chi connectivity index (χ0) is 14.1. The summed E-state index contributed by atoms with van der Waals surface area (Å²) in [6, 6.07) is 0. The zero-order valence-corrected chi connectivity index (χ0v) is 13.3. The Balaban J connectivity index is 1.74. The van der Waals surface area contributed by atoms with E-state index >= 15 is 0 Å². The van der Waals surface area contributed by atoms with Crippen LogP contribution in [0.2, 0.25) is 0 Å². The molecule has 0 radical (unpaired) electrons. The molecule has 2 saturated carbocycles. The number of hydrogen-bond acceptors (Lipinski definition) is 2. The highest BCUT2D eigenvalue weighted by Gasteiger charge is 2.48. The first kappa shape index (κ1) is 14.8.